The van der Waals surface area contributed by atoms with Crippen LogP contribution in [0.3, 0.4) is 0 Å². The van der Waals surface area contributed by atoms with E-state index >= 15 is 0 Å². The Balaban J connectivity index is 2.78. The lowest BCUT2D eigenvalue weighted by Crippen LogP contribution is -2.32. The van der Waals surface area contributed by atoms with E-state index < -0.39 is 11.9 Å². The number of nitrogens with one attached hydrogen (secondary N) is 1. The number of primary amides is 1. The molecule has 0 fully saturated rings. The van der Waals surface area contributed by atoms with Crippen LogP contribution in [0, 0.1) is 11.3 Å². The maximum absolute atomic E-state index is 10.7. The summed E-state index contributed by atoms with van der Waals surface area (Å²) in [6.45, 7) is 1.60. The third-order valence-electron chi connectivity index (χ3n) is 1.57. The molecule has 0 aromatic carbocycles. The van der Waals surface area contributed by atoms with E-state index in [-0.39, 0.29) is 0 Å². The van der Waals surface area contributed by atoms with Crippen LogP contribution in [0.2, 0.25) is 0 Å². The highest BCUT2D eigenvalue weighted by Crippen LogP contribution is 2.04. The number of nitrogens with two attached hydrogens (primary N) is 1. The van der Waals surface area contributed by atoms with Gasteiger partial charge in [-0.05, 0) is 6.92 Å². The molecule has 6 heteroatoms. The molecule has 0 aliphatic carbocycles. The normalized spacial score (nSPS) is 11.4. The van der Waals surface area contributed by atoms with E-state index in [4.69, 9.17) is 11.0 Å². The van der Waals surface area contributed by atoms with Crippen molar-refractivity contribution in [2.24, 2.45) is 5.73 Å². The first-order chi connectivity index (χ1) is 6.63. The maximum Gasteiger partial charge on any atom is 0.239 e. The molecule has 1 atom stereocenters. The van der Waals surface area contributed by atoms with Gasteiger partial charge in [0.05, 0.1) is 11.8 Å². The third kappa shape index (κ3) is 2.42. The zero-order valence-corrected chi connectivity index (χ0v) is 7.56. The molecule has 1 amide bonds. The van der Waals surface area contributed by atoms with Crippen LogP contribution in [0.15, 0.2) is 12.3 Å². The van der Waals surface area contributed by atoms with Crippen molar-refractivity contribution in [2.45, 2.75) is 13.0 Å². The van der Waals surface area contributed by atoms with E-state index in [1.54, 1.807) is 6.92 Å². The summed E-state index contributed by atoms with van der Waals surface area (Å²) in [4.78, 5) is 10.7. The van der Waals surface area contributed by atoms with Crippen molar-refractivity contribution in [1.82, 2.24) is 10.2 Å². The highest BCUT2D eigenvalue weighted by Gasteiger charge is 2.08. The first kappa shape index (κ1) is 9.92. The molecule has 1 unspecified atom stereocenters. The van der Waals surface area contributed by atoms with Crippen molar-refractivity contribution in [3.05, 3.63) is 17.8 Å². The average Bonchev–Trinajstić information content (AvgIpc) is 2.18. The molecule has 6 nitrogen and oxygen atoms in total. The minimum atomic E-state index is -0.543. The molecule has 0 aliphatic heterocycles. The zero-order valence-electron chi connectivity index (χ0n) is 7.56. The minimum absolute atomic E-state index is 0.357. The second-order valence-corrected chi connectivity index (χ2v) is 2.71. The number of anilines is 1. The Bertz CT molecular complexity index is 384. The second kappa shape index (κ2) is 4.18. The number of amides is 1. The molecule has 1 aromatic rings. The summed E-state index contributed by atoms with van der Waals surface area (Å²) in [5.41, 5.74) is 5.41. The first-order valence-corrected chi connectivity index (χ1v) is 3.92. The smallest absolute Gasteiger partial charge is 0.239 e. The lowest BCUT2D eigenvalue weighted by atomic mass is 10.3. The molecular formula is C8H9N5O. The number of nitriles is 1. The van der Waals surface area contributed by atoms with E-state index in [2.05, 4.69) is 15.5 Å². The number of hydrogen-bond acceptors (Lipinski definition) is 5. The number of carbonyl (C=O) groups excluding carboxylic acids is 1. The van der Waals surface area contributed by atoms with E-state index in [1.807, 2.05) is 6.07 Å². The van der Waals surface area contributed by atoms with Crippen LogP contribution >= 0.6 is 0 Å². The molecule has 14 heavy (non-hydrogen) atoms. The van der Waals surface area contributed by atoms with Crippen molar-refractivity contribution < 1.29 is 4.79 Å². The summed E-state index contributed by atoms with van der Waals surface area (Å²) < 4.78 is 0. The molecule has 72 valence electrons. The molecule has 0 bridgehead atoms. The van der Waals surface area contributed by atoms with Gasteiger partial charge >= 0.3 is 0 Å². The Kier molecular flexibility index (Phi) is 2.97. The Morgan fingerprint density at radius 1 is 1.79 bits per heavy atom. The molecule has 0 aliphatic rings. The Labute approximate surface area is 80.7 Å². The third-order valence-corrected chi connectivity index (χ3v) is 1.57. The fourth-order valence-electron chi connectivity index (χ4n) is 0.791. The molecular weight excluding hydrogens is 182 g/mol. The van der Waals surface area contributed by atoms with E-state index in [0.29, 0.717) is 11.4 Å². The van der Waals surface area contributed by atoms with Gasteiger partial charge in [0.1, 0.15) is 12.1 Å². The van der Waals surface area contributed by atoms with Gasteiger partial charge in [-0.25, -0.2) is 0 Å². The molecule has 3 N–H and O–H groups in total. The van der Waals surface area contributed by atoms with E-state index in [9.17, 15) is 4.79 Å². The maximum atomic E-state index is 10.7. The quantitative estimate of drug-likeness (QED) is 0.678. The van der Waals surface area contributed by atoms with Crippen molar-refractivity contribution in [2.75, 3.05) is 5.32 Å². The summed E-state index contributed by atoms with van der Waals surface area (Å²) in [6.07, 6.45) is 1.33. The fourth-order valence-corrected chi connectivity index (χ4v) is 0.791. The fraction of sp³-hybridized carbons (Fsp3) is 0.250. The van der Waals surface area contributed by atoms with E-state index in [1.165, 1.54) is 12.3 Å². The summed E-state index contributed by atoms with van der Waals surface area (Å²) >= 11 is 0. The predicted octanol–water partition coefficient (Wildman–Crippen LogP) is -0.366. The van der Waals surface area contributed by atoms with Crippen LogP contribution in [0.5, 0.6) is 0 Å². The van der Waals surface area contributed by atoms with Crippen LogP contribution in [0.4, 0.5) is 5.82 Å². The summed E-state index contributed by atoms with van der Waals surface area (Å²) in [5.74, 6) is -0.135. The van der Waals surface area contributed by atoms with Crippen LogP contribution in [0.25, 0.3) is 0 Å². The number of nitrogens with zero attached hydrogens (tertiary/aromatic N) is 3. The van der Waals surface area contributed by atoms with Crippen molar-refractivity contribution in [1.29, 1.82) is 5.26 Å². The number of aromatic nitrogens is 2. The Morgan fingerprint density at radius 3 is 3.07 bits per heavy atom. The van der Waals surface area contributed by atoms with Gasteiger partial charge in [-0.15, -0.1) is 5.10 Å². The molecule has 0 saturated carbocycles. The van der Waals surface area contributed by atoms with Gasteiger partial charge in [0.25, 0.3) is 0 Å². The second-order valence-electron chi connectivity index (χ2n) is 2.71. The Morgan fingerprint density at radius 2 is 2.50 bits per heavy atom. The van der Waals surface area contributed by atoms with Crippen molar-refractivity contribution in [3.8, 4) is 6.07 Å². The summed E-state index contributed by atoms with van der Waals surface area (Å²) in [7, 11) is 0. The van der Waals surface area contributed by atoms with Gasteiger partial charge in [-0.2, -0.15) is 10.4 Å². The molecule has 0 radical (unpaired) electrons. The number of hydrogen-bond donors (Lipinski definition) is 2. The van der Waals surface area contributed by atoms with Gasteiger partial charge in [0, 0.05) is 6.07 Å². The van der Waals surface area contributed by atoms with Gasteiger partial charge in [0.15, 0.2) is 5.82 Å². The largest absolute Gasteiger partial charge is 0.368 e. The van der Waals surface area contributed by atoms with Crippen LogP contribution < -0.4 is 11.1 Å². The zero-order chi connectivity index (χ0) is 10.6. The van der Waals surface area contributed by atoms with Gasteiger partial charge < -0.3 is 11.1 Å². The van der Waals surface area contributed by atoms with Gasteiger partial charge in [-0.3, -0.25) is 4.79 Å². The van der Waals surface area contributed by atoms with E-state index in [0.717, 1.165) is 0 Å². The lowest BCUT2D eigenvalue weighted by molar-refractivity contribution is -0.118. The molecule has 1 rings (SSSR count). The standard InChI is InChI=1S/C8H9N5O/c1-5(8(10)14)12-7-2-6(3-9)4-11-13-7/h2,4-5H,1H3,(H2,10,14)(H,12,13). The predicted molar refractivity (Wildman–Crippen MR) is 49.0 cm³/mol. The first-order valence-electron chi connectivity index (χ1n) is 3.92. The van der Waals surface area contributed by atoms with Crippen LogP contribution in [0.1, 0.15) is 12.5 Å². The number of rotatable bonds is 3. The topological polar surface area (TPSA) is 105 Å². The lowest BCUT2D eigenvalue weighted by Gasteiger charge is -2.09. The van der Waals surface area contributed by atoms with Crippen LogP contribution in [-0.4, -0.2) is 22.1 Å². The molecule has 1 aromatic heterocycles. The molecule has 0 saturated heterocycles. The molecule has 0 spiro atoms. The SMILES string of the molecule is CC(Nc1cc(C#N)cnn1)C(N)=O. The minimum Gasteiger partial charge on any atom is -0.368 e. The van der Waals surface area contributed by atoms with Gasteiger partial charge in [-0.1, -0.05) is 0 Å². The summed E-state index contributed by atoms with van der Waals surface area (Å²) in [6, 6.07) is 2.86. The molecule has 1 heterocycles. The van der Waals surface area contributed by atoms with Crippen LogP contribution in [-0.2, 0) is 4.79 Å². The highest BCUT2D eigenvalue weighted by molar-refractivity contribution is 5.82. The van der Waals surface area contributed by atoms with Crippen molar-refractivity contribution >= 4 is 11.7 Å². The highest BCUT2D eigenvalue weighted by atomic mass is 16.1. The number of carbonyl (C=O) groups is 1. The summed E-state index contributed by atoms with van der Waals surface area (Å²) in [5, 5.41) is 18.6. The monoisotopic (exact) mass is 191 g/mol. The Hall–Kier alpha value is -2.16. The van der Waals surface area contributed by atoms with Crippen molar-refractivity contribution in [3.63, 3.8) is 0 Å². The van der Waals surface area contributed by atoms with Gasteiger partial charge in [0.2, 0.25) is 5.91 Å². The average molecular weight is 191 g/mol.